The normalized spacial score (nSPS) is 14.7. The number of nitrogens with one attached hydrogen (secondary N) is 2. The van der Waals surface area contributed by atoms with Crippen molar-refractivity contribution < 1.29 is 4.79 Å². The lowest BCUT2D eigenvalue weighted by atomic mass is 10.1. The number of benzene rings is 1. The maximum absolute atomic E-state index is 12.0. The first-order valence-electron chi connectivity index (χ1n) is 7.27. The van der Waals surface area contributed by atoms with Crippen molar-refractivity contribution in [1.29, 1.82) is 0 Å². The van der Waals surface area contributed by atoms with E-state index in [0.29, 0.717) is 18.3 Å². The number of amides is 1. The van der Waals surface area contributed by atoms with Crippen LogP contribution in [0.2, 0.25) is 0 Å². The molecular weight excluding hydrogens is 266 g/mol. The Hall–Kier alpha value is -2.21. The number of rotatable bonds is 6. The highest BCUT2D eigenvalue weighted by Crippen LogP contribution is 2.09. The first-order valence-corrected chi connectivity index (χ1v) is 7.27. The Kier molecular flexibility index (Phi) is 4.25. The predicted octanol–water partition coefficient (Wildman–Crippen LogP) is 0.785. The van der Waals surface area contributed by atoms with Crippen molar-refractivity contribution in [1.82, 2.24) is 25.6 Å². The van der Waals surface area contributed by atoms with Gasteiger partial charge < -0.3 is 10.6 Å². The van der Waals surface area contributed by atoms with E-state index in [2.05, 4.69) is 33.1 Å². The van der Waals surface area contributed by atoms with Crippen LogP contribution in [-0.2, 0) is 6.42 Å². The fourth-order valence-corrected chi connectivity index (χ4v) is 2.25. The van der Waals surface area contributed by atoms with Gasteiger partial charge in [-0.25, -0.2) is 4.68 Å². The SMILES string of the molecule is O=C(NCCCc1ccccc1)c1cn(C2CNC2)nn1. The summed E-state index contributed by atoms with van der Waals surface area (Å²) >= 11 is 0. The van der Waals surface area contributed by atoms with Gasteiger partial charge >= 0.3 is 0 Å². The summed E-state index contributed by atoms with van der Waals surface area (Å²) in [5, 5.41) is 14.0. The van der Waals surface area contributed by atoms with Gasteiger partial charge in [0, 0.05) is 19.6 Å². The van der Waals surface area contributed by atoms with E-state index in [1.807, 2.05) is 18.2 Å². The van der Waals surface area contributed by atoms with Crippen LogP contribution in [0.25, 0.3) is 0 Å². The summed E-state index contributed by atoms with van der Waals surface area (Å²) in [5.41, 5.74) is 1.68. The molecule has 1 saturated heterocycles. The highest BCUT2D eigenvalue weighted by atomic mass is 16.2. The van der Waals surface area contributed by atoms with E-state index in [4.69, 9.17) is 0 Å². The summed E-state index contributed by atoms with van der Waals surface area (Å²) in [7, 11) is 0. The average molecular weight is 285 g/mol. The van der Waals surface area contributed by atoms with Gasteiger partial charge in [0.1, 0.15) is 0 Å². The van der Waals surface area contributed by atoms with Crippen LogP contribution < -0.4 is 10.6 Å². The van der Waals surface area contributed by atoms with E-state index in [0.717, 1.165) is 25.9 Å². The molecule has 0 bridgehead atoms. The van der Waals surface area contributed by atoms with Crippen molar-refractivity contribution >= 4 is 5.91 Å². The Morgan fingerprint density at radius 3 is 2.86 bits per heavy atom. The number of aromatic nitrogens is 3. The number of hydrogen-bond donors (Lipinski definition) is 2. The predicted molar refractivity (Wildman–Crippen MR) is 79.0 cm³/mol. The fourth-order valence-electron chi connectivity index (χ4n) is 2.25. The molecule has 21 heavy (non-hydrogen) atoms. The van der Waals surface area contributed by atoms with Gasteiger partial charge in [-0.3, -0.25) is 4.79 Å². The van der Waals surface area contributed by atoms with E-state index < -0.39 is 0 Å². The molecule has 0 spiro atoms. The molecule has 2 aromatic rings. The molecule has 6 heteroatoms. The van der Waals surface area contributed by atoms with E-state index >= 15 is 0 Å². The number of aryl methyl sites for hydroxylation is 1. The quantitative estimate of drug-likeness (QED) is 0.770. The Bertz CT molecular complexity index is 591. The van der Waals surface area contributed by atoms with Crippen LogP contribution >= 0.6 is 0 Å². The first kappa shape index (κ1) is 13.8. The lowest BCUT2D eigenvalue weighted by Crippen LogP contribution is -2.43. The third-order valence-electron chi connectivity index (χ3n) is 3.65. The summed E-state index contributed by atoms with van der Waals surface area (Å²) in [6.45, 7) is 2.43. The Morgan fingerprint density at radius 2 is 2.14 bits per heavy atom. The zero-order valence-corrected chi connectivity index (χ0v) is 11.8. The van der Waals surface area contributed by atoms with E-state index in [1.165, 1.54) is 5.56 Å². The summed E-state index contributed by atoms with van der Waals surface area (Å²) < 4.78 is 1.76. The zero-order chi connectivity index (χ0) is 14.5. The molecule has 1 fully saturated rings. The van der Waals surface area contributed by atoms with Crippen LogP contribution in [0.3, 0.4) is 0 Å². The summed E-state index contributed by atoms with van der Waals surface area (Å²) in [6.07, 6.45) is 3.59. The Balaban J connectivity index is 1.42. The molecule has 1 aliphatic rings. The van der Waals surface area contributed by atoms with Gasteiger partial charge in [0.25, 0.3) is 5.91 Å². The monoisotopic (exact) mass is 285 g/mol. The van der Waals surface area contributed by atoms with Crippen LogP contribution in [0, 0.1) is 0 Å². The van der Waals surface area contributed by atoms with Gasteiger partial charge in [0.2, 0.25) is 0 Å². The molecule has 2 heterocycles. The number of carbonyl (C=O) groups excluding carboxylic acids is 1. The minimum atomic E-state index is -0.151. The molecule has 1 aromatic carbocycles. The van der Waals surface area contributed by atoms with Gasteiger partial charge in [-0.15, -0.1) is 5.10 Å². The molecule has 1 aromatic heterocycles. The van der Waals surface area contributed by atoms with Crippen molar-refractivity contribution in [2.45, 2.75) is 18.9 Å². The maximum atomic E-state index is 12.0. The van der Waals surface area contributed by atoms with Crippen LogP contribution in [0.1, 0.15) is 28.5 Å². The third kappa shape index (κ3) is 3.46. The van der Waals surface area contributed by atoms with Crippen molar-refractivity contribution in [2.24, 2.45) is 0 Å². The maximum Gasteiger partial charge on any atom is 0.273 e. The summed E-state index contributed by atoms with van der Waals surface area (Å²) in [4.78, 5) is 12.0. The largest absolute Gasteiger partial charge is 0.351 e. The highest BCUT2D eigenvalue weighted by molar-refractivity contribution is 5.91. The smallest absolute Gasteiger partial charge is 0.273 e. The Morgan fingerprint density at radius 1 is 1.33 bits per heavy atom. The molecule has 0 unspecified atom stereocenters. The van der Waals surface area contributed by atoms with Crippen molar-refractivity contribution in [2.75, 3.05) is 19.6 Å². The summed E-state index contributed by atoms with van der Waals surface area (Å²) in [6, 6.07) is 10.6. The molecule has 2 N–H and O–H groups in total. The van der Waals surface area contributed by atoms with E-state index in [1.54, 1.807) is 10.9 Å². The number of carbonyl (C=O) groups is 1. The zero-order valence-electron chi connectivity index (χ0n) is 11.8. The average Bonchev–Trinajstić information content (AvgIpc) is 2.92. The van der Waals surface area contributed by atoms with Crippen LogP contribution in [0.5, 0.6) is 0 Å². The Labute approximate surface area is 123 Å². The third-order valence-corrected chi connectivity index (χ3v) is 3.65. The molecule has 0 saturated carbocycles. The van der Waals surface area contributed by atoms with Gasteiger partial charge in [-0.1, -0.05) is 35.5 Å². The fraction of sp³-hybridized carbons (Fsp3) is 0.400. The first-order chi connectivity index (χ1) is 10.3. The number of hydrogen-bond acceptors (Lipinski definition) is 4. The molecule has 110 valence electrons. The molecule has 1 aliphatic heterocycles. The van der Waals surface area contributed by atoms with Crippen LogP contribution in [0.15, 0.2) is 36.5 Å². The highest BCUT2D eigenvalue weighted by Gasteiger charge is 2.21. The molecule has 0 aliphatic carbocycles. The van der Waals surface area contributed by atoms with Crippen molar-refractivity contribution in [3.8, 4) is 0 Å². The second-order valence-corrected chi connectivity index (χ2v) is 5.24. The minimum Gasteiger partial charge on any atom is -0.351 e. The van der Waals surface area contributed by atoms with Crippen molar-refractivity contribution in [3.63, 3.8) is 0 Å². The topological polar surface area (TPSA) is 71.8 Å². The second kappa shape index (κ2) is 6.49. The van der Waals surface area contributed by atoms with Crippen LogP contribution in [0.4, 0.5) is 0 Å². The van der Waals surface area contributed by atoms with Gasteiger partial charge in [-0.05, 0) is 18.4 Å². The van der Waals surface area contributed by atoms with Gasteiger partial charge in [0.05, 0.1) is 12.2 Å². The molecule has 3 rings (SSSR count). The van der Waals surface area contributed by atoms with Crippen LogP contribution in [-0.4, -0.2) is 40.5 Å². The minimum absolute atomic E-state index is 0.151. The number of nitrogens with zero attached hydrogens (tertiary/aromatic N) is 3. The molecular formula is C15H19N5O. The molecule has 0 atom stereocenters. The molecule has 1 amide bonds. The van der Waals surface area contributed by atoms with Gasteiger partial charge in [-0.2, -0.15) is 0 Å². The molecule has 6 nitrogen and oxygen atoms in total. The van der Waals surface area contributed by atoms with E-state index in [-0.39, 0.29) is 5.91 Å². The van der Waals surface area contributed by atoms with Gasteiger partial charge in [0.15, 0.2) is 5.69 Å². The van der Waals surface area contributed by atoms with Crippen molar-refractivity contribution in [3.05, 3.63) is 47.8 Å². The second-order valence-electron chi connectivity index (χ2n) is 5.24. The lowest BCUT2D eigenvalue weighted by Gasteiger charge is -2.26. The standard InChI is InChI=1S/C15H19N5O/c21-15(14-11-20(19-18-14)13-9-16-10-13)17-8-4-7-12-5-2-1-3-6-12/h1-3,5-6,11,13,16H,4,7-10H2,(H,17,21). The summed E-state index contributed by atoms with van der Waals surface area (Å²) in [5.74, 6) is -0.151. The lowest BCUT2D eigenvalue weighted by molar-refractivity contribution is 0.0948. The molecule has 0 radical (unpaired) electrons. The van der Waals surface area contributed by atoms with E-state index in [9.17, 15) is 4.79 Å².